The summed E-state index contributed by atoms with van der Waals surface area (Å²) in [4.78, 5) is 14.4. The van der Waals surface area contributed by atoms with Crippen molar-refractivity contribution in [1.82, 2.24) is 4.90 Å². The van der Waals surface area contributed by atoms with Crippen LogP contribution in [0.4, 0.5) is 8.78 Å². The summed E-state index contributed by atoms with van der Waals surface area (Å²) < 4.78 is 49.7. The van der Waals surface area contributed by atoms with Gasteiger partial charge in [-0.3, -0.25) is 4.79 Å². The van der Waals surface area contributed by atoms with Gasteiger partial charge in [0.1, 0.15) is 0 Å². The fourth-order valence-corrected chi connectivity index (χ4v) is 5.21. The van der Waals surface area contributed by atoms with Gasteiger partial charge in [0.15, 0.2) is 9.84 Å². The molecule has 2 aliphatic carbocycles. The molecule has 3 aliphatic rings. The normalized spacial score (nSPS) is 32.0. The van der Waals surface area contributed by atoms with Crippen LogP contribution in [0.15, 0.2) is 0 Å². The molecule has 0 N–H and O–H groups in total. The second-order valence-electron chi connectivity index (χ2n) is 6.66. The third-order valence-electron chi connectivity index (χ3n) is 4.86. The van der Waals surface area contributed by atoms with Crippen molar-refractivity contribution < 1.29 is 22.0 Å². The van der Waals surface area contributed by atoms with Crippen LogP contribution < -0.4 is 0 Å². The van der Waals surface area contributed by atoms with Gasteiger partial charge in [0.05, 0.1) is 11.5 Å². The quantitative estimate of drug-likeness (QED) is 0.799. The van der Waals surface area contributed by atoms with Gasteiger partial charge in [-0.15, -0.1) is 0 Å². The molecule has 1 unspecified atom stereocenters. The number of carbonyl (C=O) groups excluding carboxylic acids is 1. The highest BCUT2D eigenvalue weighted by Crippen LogP contribution is 2.40. The number of nitrogens with zero attached hydrogens (tertiary/aromatic N) is 1. The lowest BCUT2D eigenvalue weighted by atomic mass is 9.85. The van der Waals surface area contributed by atoms with Gasteiger partial charge in [0, 0.05) is 30.8 Å². The molecule has 120 valence electrons. The molecule has 3 rings (SSSR count). The van der Waals surface area contributed by atoms with Gasteiger partial charge in [-0.2, -0.15) is 0 Å². The van der Waals surface area contributed by atoms with Crippen LogP contribution >= 0.6 is 0 Å². The van der Waals surface area contributed by atoms with Crippen LogP contribution in [0.1, 0.15) is 44.9 Å². The van der Waals surface area contributed by atoms with E-state index in [4.69, 9.17) is 0 Å². The molecule has 0 aromatic rings. The number of alkyl halides is 2. The zero-order valence-corrected chi connectivity index (χ0v) is 12.7. The molecule has 1 heterocycles. The van der Waals surface area contributed by atoms with Crippen LogP contribution in [0.3, 0.4) is 0 Å². The first-order chi connectivity index (χ1) is 9.77. The first-order valence-electron chi connectivity index (χ1n) is 7.68. The van der Waals surface area contributed by atoms with Gasteiger partial charge in [-0.1, -0.05) is 0 Å². The number of rotatable bonds is 3. The summed E-state index contributed by atoms with van der Waals surface area (Å²) in [6, 6.07) is -0.101. The van der Waals surface area contributed by atoms with Gasteiger partial charge in [-0.05, 0) is 32.1 Å². The summed E-state index contributed by atoms with van der Waals surface area (Å²) in [7, 11) is -3.04. The smallest absolute Gasteiger partial charge is 0.248 e. The van der Waals surface area contributed by atoms with Crippen molar-refractivity contribution in [3.63, 3.8) is 0 Å². The summed E-state index contributed by atoms with van der Waals surface area (Å²) >= 11 is 0. The van der Waals surface area contributed by atoms with Crippen LogP contribution in [0.5, 0.6) is 0 Å². The fourth-order valence-electron chi connectivity index (χ4n) is 3.50. The van der Waals surface area contributed by atoms with Gasteiger partial charge in [-0.25, -0.2) is 17.2 Å². The Balaban J connectivity index is 1.69. The SMILES string of the molecule is O=C(C1CCC(F)(F)CC1)N(C1CC1)C1CCS(=O)(=O)C1. The zero-order chi connectivity index (χ0) is 15.3. The Morgan fingerprint density at radius 2 is 1.62 bits per heavy atom. The second-order valence-corrected chi connectivity index (χ2v) is 8.89. The Kier molecular flexibility index (Phi) is 3.74. The Labute approximate surface area is 123 Å². The second kappa shape index (κ2) is 5.18. The fraction of sp³-hybridized carbons (Fsp3) is 0.929. The van der Waals surface area contributed by atoms with Crippen molar-refractivity contribution >= 4 is 15.7 Å². The van der Waals surface area contributed by atoms with E-state index in [-0.39, 0.29) is 61.1 Å². The van der Waals surface area contributed by atoms with E-state index < -0.39 is 15.8 Å². The molecule has 1 saturated heterocycles. The number of carbonyl (C=O) groups is 1. The van der Waals surface area contributed by atoms with Crippen LogP contribution in [0.25, 0.3) is 0 Å². The van der Waals surface area contributed by atoms with E-state index >= 15 is 0 Å². The summed E-state index contributed by atoms with van der Waals surface area (Å²) in [5, 5.41) is 0. The molecule has 3 fully saturated rings. The Hall–Kier alpha value is -0.720. The van der Waals surface area contributed by atoms with Crippen LogP contribution in [0.2, 0.25) is 0 Å². The highest BCUT2D eigenvalue weighted by Gasteiger charge is 2.46. The third-order valence-corrected chi connectivity index (χ3v) is 6.61. The van der Waals surface area contributed by atoms with E-state index in [1.165, 1.54) is 0 Å². The van der Waals surface area contributed by atoms with Gasteiger partial charge >= 0.3 is 0 Å². The average Bonchev–Trinajstić information content (AvgIpc) is 3.14. The molecule has 4 nitrogen and oxygen atoms in total. The van der Waals surface area contributed by atoms with Gasteiger partial charge in [0.25, 0.3) is 0 Å². The molecule has 21 heavy (non-hydrogen) atoms. The predicted octanol–water partition coefficient (Wildman–Crippen LogP) is 1.99. The third kappa shape index (κ3) is 3.38. The molecule has 0 aromatic carbocycles. The molecule has 0 aromatic heterocycles. The molecule has 1 amide bonds. The average molecular weight is 321 g/mol. The lowest BCUT2D eigenvalue weighted by Gasteiger charge is -2.35. The van der Waals surface area contributed by atoms with E-state index in [2.05, 4.69) is 0 Å². The Bertz CT molecular complexity index is 520. The Morgan fingerprint density at radius 3 is 2.10 bits per heavy atom. The topological polar surface area (TPSA) is 54.5 Å². The van der Waals surface area contributed by atoms with Crippen LogP contribution in [-0.4, -0.2) is 48.7 Å². The monoisotopic (exact) mass is 321 g/mol. The largest absolute Gasteiger partial charge is 0.335 e. The van der Waals surface area contributed by atoms with Gasteiger partial charge in [0.2, 0.25) is 11.8 Å². The minimum Gasteiger partial charge on any atom is -0.335 e. The molecular formula is C14H21F2NO3S. The summed E-state index contributed by atoms with van der Waals surface area (Å²) in [6.07, 6.45) is 2.28. The maximum atomic E-state index is 13.2. The van der Waals surface area contributed by atoms with Crippen LogP contribution in [0, 0.1) is 5.92 Å². The molecule has 7 heteroatoms. The lowest BCUT2D eigenvalue weighted by molar-refractivity contribution is -0.142. The number of hydrogen-bond acceptors (Lipinski definition) is 3. The molecule has 0 bridgehead atoms. The van der Waals surface area contributed by atoms with E-state index in [1.54, 1.807) is 4.90 Å². The van der Waals surface area contributed by atoms with Crippen molar-refractivity contribution in [2.24, 2.45) is 5.92 Å². The maximum Gasteiger partial charge on any atom is 0.248 e. The molecule has 0 spiro atoms. The van der Waals surface area contributed by atoms with E-state index in [1.807, 2.05) is 0 Å². The van der Waals surface area contributed by atoms with E-state index in [0.29, 0.717) is 6.42 Å². The predicted molar refractivity (Wildman–Crippen MR) is 73.8 cm³/mol. The summed E-state index contributed by atoms with van der Waals surface area (Å²) in [5.41, 5.74) is 0. The highest BCUT2D eigenvalue weighted by atomic mass is 32.2. The molecule has 2 saturated carbocycles. The van der Waals surface area contributed by atoms with Crippen molar-refractivity contribution in [2.75, 3.05) is 11.5 Å². The number of halogens is 2. The minimum absolute atomic E-state index is 0.0398. The van der Waals surface area contributed by atoms with E-state index in [0.717, 1.165) is 12.8 Å². The molecule has 0 radical (unpaired) electrons. The molecule has 1 atom stereocenters. The summed E-state index contributed by atoms with van der Waals surface area (Å²) in [6.45, 7) is 0. The lowest BCUT2D eigenvalue weighted by Crippen LogP contribution is -2.47. The van der Waals surface area contributed by atoms with Crippen molar-refractivity contribution in [2.45, 2.75) is 63.0 Å². The number of amides is 1. The van der Waals surface area contributed by atoms with Crippen molar-refractivity contribution in [3.8, 4) is 0 Å². The van der Waals surface area contributed by atoms with E-state index in [9.17, 15) is 22.0 Å². The first-order valence-corrected chi connectivity index (χ1v) is 9.50. The molecular weight excluding hydrogens is 300 g/mol. The highest BCUT2D eigenvalue weighted by molar-refractivity contribution is 7.91. The minimum atomic E-state index is -3.04. The van der Waals surface area contributed by atoms with Gasteiger partial charge < -0.3 is 4.90 Å². The van der Waals surface area contributed by atoms with Crippen molar-refractivity contribution in [3.05, 3.63) is 0 Å². The van der Waals surface area contributed by atoms with Crippen LogP contribution in [-0.2, 0) is 14.6 Å². The Morgan fingerprint density at radius 1 is 1.00 bits per heavy atom. The standard InChI is InChI=1S/C14H21F2NO3S/c15-14(16)6-3-10(4-7-14)13(18)17(11-1-2-11)12-5-8-21(19,20)9-12/h10-12H,1-9H2. The number of sulfone groups is 1. The van der Waals surface area contributed by atoms with Crippen molar-refractivity contribution in [1.29, 1.82) is 0 Å². The first kappa shape index (κ1) is 15.2. The zero-order valence-electron chi connectivity index (χ0n) is 11.9. The number of hydrogen-bond donors (Lipinski definition) is 0. The molecule has 1 aliphatic heterocycles. The maximum absolute atomic E-state index is 13.2. The summed E-state index contributed by atoms with van der Waals surface area (Å²) in [5.74, 6) is -2.91.